The number of pyridine rings is 1. The van der Waals surface area contributed by atoms with Gasteiger partial charge in [-0.2, -0.15) is 0 Å². The molecule has 1 fully saturated rings. The summed E-state index contributed by atoms with van der Waals surface area (Å²) in [5.74, 6) is 0.508. The van der Waals surface area contributed by atoms with Crippen LogP contribution in [-0.2, 0) is 18.9 Å². The molecule has 0 saturated carbocycles. The number of aromatic nitrogens is 1. The van der Waals surface area contributed by atoms with Crippen LogP contribution in [0.25, 0.3) is 10.9 Å². The van der Waals surface area contributed by atoms with Crippen LogP contribution in [0.2, 0.25) is 0 Å². The van der Waals surface area contributed by atoms with Gasteiger partial charge in [0.2, 0.25) is 0 Å². The second-order valence-corrected chi connectivity index (χ2v) is 10.4. The number of sulfone groups is 1. The largest absolute Gasteiger partial charge is 0.261 e. The minimum Gasteiger partial charge on any atom is -0.256 e. The molecule has 2 heterocycles. The van der Waals surface area contributed by atoms with E-state index in [2.05, 4.69) is 4.98 Å². The van der Waals surface area contributed by atoms with Crippen molar-refractivity contribution in [3.05, 3.63) is 36.0 Å². The standard InChI is InChI=1S/C14H14ClNO4S2/c15-22(19,20)13-1-2-14-11(8-13)7-12(9-16-14)10-3-5-21(17,18)6-4-10/h1-2,7-10H,3-6H2. The van der Waals surface area contributed by atoms with Crippen molar-refractivity contribution in [3.63, 3.8) is 0 Å². The molecule has 2 aromatic rings. The van der Waals surface area contributed by atoms with Crippen LogP contribution in [0.3, 0.4) is 0 Å². The summed E-state index contributed by atoms with van der Waals surface area (Å²) in [6, 6.07) is 6.40. The Morgan fingerprint density at radius 3 is 2.45 bits per heavy atom. The first-order valence-electron chi connectivity index (χ1n) is 6.79. The molecule has 5 nitrogen and oxygen atoms in total. The fourth-order valence-corrected chi connectivity index (χ4v) is 5.00. The highest BCUT2D eigenvalue weighted by molar-refractivity contribution is 8.13. The number of hydrogen-bond donors (Lipinski definition) is 0. The molecule has 118 valence electrons. The van der Waals surface area contributed by atoms with E-state index in [0.717, 1.165) is 5.56 Å². The first kappa shape index (κ1) is 15.7. The summed E-state index contributed by atoms with van der Waals surface area (Å²) in [6.45, 7) is 0. The maximum Gasteiger partial charge on any atom is 0.261 e. The quantitative estimate of drug-likeness (QED) is 0.769. The van der Waals surface area contributed by atoms with Gasteiger partial charge in [-0.05, 0) is 48.6 Å². The van der Waals surface area contributed by atoms with Gasteiger partial charge < -0.3 is 0 Å². The Labute approximate surface area is 133 Å². The highest BCUT2D eigenvalue weighted by Crippen LogP contribution is 2.31. The van der Waals surface area contributed by atoms with Crippen LogP contribution in [0.15, 0.2) is 35.4 Å². The Kier molecular flexibility index (Phi) is 3.91. The molecule has 22 heavy (non-hydrogen) atoms. The summed E-state index contributed by atoms with van der Waals surface area (Å²) in [7, 11) is -1.33. The number of fused-ring (bicyclic) bond motifs is 1. The number of nitrogens with zero attached hydrogens (tertiary/aromatic N) is 1. The van der Waals surface area contributed by atoms with E-state index in [-0.39, 0.29) is 22.3 Å². The third-order valence-corrected chi connectivity index (χ3v) is 7.05. The predicted octanol–water partition coefficient (Wildman–Crippen LogP) is 2.45. The molecule has 0 unspecified atom stereocenters. The topological polar surface area (TPSA) is 81.2 Å². The average molecular weight is 360 g/mol. The van der Waals surface area contributed by atoms with Crippen LogP contribution in [0.1, 0.15) is 24.3 Å². The Morgan fingerprint density at radius 2 is 1.82 bits per heavy atom. The van der Waals surface area contributed by atoms with Crippen LogP contribution in [0, 0.1) is 0 Å². The van der Waals surface area contributed by atoms with E-state index in [4.69, 9.17) is 10.7 Å². The molecule has 1 saturated heterocycles. The van der Waals surface area contributed by atoms with Crippen LogP contribution in [0.5, 0.6) is 0 Å². The smallest absolute Gasteiger partial charge is 0.256 e. The lowest BCUT2D eigenvalue weighted by molar-refractivity contribution is 0.550. The van der Waals surface area contributed by atoms with Crippen molar-refractivity contribution in [2.75, 3.05) is 11.5 Å². The summed E-state index contributed by atoms with van der Waals surface area (Å²) >= 11 is 0. The molecule has 0 N–H and O–H groups in total. The molecule has 0 bridgehead atoms. The lowest BCUT2D eigenvalue weighted by atomic mass is 9.94. The molecular formula is C14H14ClNO4S2. The molecular weight excluding hydrogens is 346 g/mol. The zero-order chi connectivity index (χ0) is 16.0. The zero-order valence-electron chi connectivity index (χ0n) is 11.6. The van der Waals surface area contributed by atoms with E-state index in [0.29, 0.717) is 23.7 Å². The third-order valence-electron chi connectivity index (χ3n) is 3.98. The van der Waals surface area contributed by atoms with Crippen molar-refractivity contribution >= 4 is 40.5 Å². The van der Waals surface area contributed by atoms with E-state index in [1.165, 1.54) is 12.1 Å². The molecule has 0 aliphatic carbocycles. The normalized spacial score (nSPS) is 19.3. The Hall–Kier alpha value is -1.18. The summed E-state index contributed by atoms with van der Waals surface area (Å²) in [5, 5.41) is 0.688. The third kappa shape index (κ3) is 3.26. The molecule has 1 aromatic heterocycles. The lowest BCUT2D eigenvalue weighted by Crippen LogP contribution is -2.22. The second kappa shape index (κ2) is 5.47. The van der Waals surface area contributed by atoms with Gasteiger partial charge in [0.15, 0.2) is 0 Å². The van der Waals surface area contributed by atoms with Gasteiger partial charge in [0.05, 0.1) is 21.9 Å². The van der Waals surface area contributed by atoms with Gasteiger partial charge in [0, 0.05) is 22.3 Å². The number of rotatable bonds is 2. The number of halogens is 1. The molecule has 8 heteroatoms. The van der Waals surface area contributed by atoms with Crippen LogP contribution in [0.4, 0.5) is 0 Å². The van der Waals surface area contributed by atoms with Crippen molar-refractivity contribution in [3.8, 4) is 0 Å². The molecule has 3 rings (SSSR count). The van der Waals surface area contributed by atoms with Gasteiger partial charge in [0.1, 0.15) is 9.84 Å². The van der Waals surface area contributed by atoms with Crippen molar-refractivity contribution < 1.29 is 16.8 Å². The minimum atomic E-state index is -3.78. The fourth-order valence-electron chi connectivity index (χ4n) is 2.72. The van der Waals surface area contributed by atoms with Crippen molar-refractivity contribution in [1.29, 1.82) is 0 Å². The lowest BCUT2D eigenvalue weighted by Gasteiger charge is -2.22. The summed E-state index contributed by atoms with van der Waals surface area (Å²) in [6.07, 6.45) is 2.88. The van der Waals surface area contributed by atoms with Crippen LogP contribution in [-0.4, -0.2) is 33.3 Å². The maximum absolute atomic E-state index is 11.5. The molecule has 0 amide bonds. The zero-order valence-corrected chi connectivity index (χ0v) is 14.0. The van der Waals surface area contributed by atoms with Gasteiger partial charge >= 0.3 is 0 Å². The predicted molar refractivity (Wildman–Crippen MR) is 85.4 cm³/mol. The molecule has 1 aromatic carbocycles. The second-order valence-electron chi connectivity index (χ2n) is 5.49. The SMILES string of the molecule is O=S1(=O)CCC(c2cnc3ccc(S(=O)(=O)Cl)cc3c2)CC1. The summed E-state index contributed by atoms with van der Waals surface area (Å²) in [5.41, 5.74) is 1.61. The van der Waals surface area contributed by atoms with E-state index >= 15 is 0 Å². The van der Waals surface area contributed by atoms with E-state index in [1.54, 1.807) is 12.3 Å². The molecule has 1 aliphatic rings. The Morgan fingerprint density at radius 1 is 1.14 bits per heavy atom. The Bertz CT molecular complexity index is 924. The highest BCUT2D eigenvalue weighted by atomic mass is 35.7. The summed E-state index contributed by atoms with van der Waals surface area (Å²) < 4.78 is 45.8. The maximum atomic E-state index is 11.5. The van der Waals surface area contributed by atoms with E-state index < -0.39 is 18.9 Å². The van der Waals surface area contributed by atoms with Crippen LogP contribution >= 0.6 is 10.7 Å². The first-order chi connectivity index (χ1) is 10.2. The van der Waals surface area contributed by atoms with E-state index in [1.807, 2.05) is 6.07 Å². The van der Waals surface area contributed by atoms with Gasteiger partial charge in [-0.15, -0.1) is 0 Å². The van der Waals surface area contributed by atoms with Gasteiger partial charge in [-0.1, -0.05) is 0 Å². The monoisotopic (exact) mass is 359 g/mol. The molecule has 1 aliphatic heterocycles. The van der Waals surface area contributed by atoms with Crippen molar-refractivity contribution in [2.24, 2.45) is 0 Å². The molecule has 0 spiro atoms. The fraction of sp³-hybridized carbons (Fsp3) is 0.357. The number of benzene rings is 1. The summed E-state index contributed by atoms with van der Waals surface area (Å²) in [4.78, 5) is 4.36. The van der Waals surface area contributed by atoms with Gasteiger partial charge in [0.25, 0.3) is 9.05 Å². The van der Waals surface area contributed by atoms with Crippen LogP contribution < -0.4 is 0 Å². The molecule has 0 atom stereocenters. The minimum absolute atomic E-state index is 0.0341. The van der Waals surface area contributed by atoms with Gasteiger partial charge in [-0.25, -0.2) is 16.8 Å². The molecule has 0 radical (unpaired) electrons. The highest BCUT2D eigenvalue weighted by Gasteiger charge is 2.25. The van der Waals surface area contributed by atoms with Gasteiger partial charge in [-0.3, -0.25) is 4.98 Å². The Balaban J connectivity index is 1.98. The van der Waals surface area contributed by atoms with E-state index in [9.17, 15) is 16.8 Å². The van der Waals surface area contributed by atoms with Crippen molar-refractivity contribution in [2.45, 2.75) is 23.7 Å². The first-order valence-corrected chi connectivity index (χ1v) is 10.9. The number of hydrogen-bond acceptors (Lipinski definition) is 5. The average Bonchev–Trinajstić information content (AvgIpc) is 2.45. The van der Waals surface area contributed by atoms with Crippen molar-refractivity contribution in [1.82, 2.24) is 4.98 Å².